The van der Waals surface area contributed by atoms with Crippen molar-refractivity contribution < 1.29 is 0 Å². The highest BCUT2D eigenvalue weighted by Gasteiger charge is 2.17. The summed E-state index contributed by atoms with van der Waals surface area (Å²) in [5.74, 6) is 0.682. The number of anilines is 2. The summed E-state index contributed by atoms with van der Waals surface area (Å²) < 4.78 is 0. The topological polar surface area (TPSA) is 88.5 Å². The molecule has 2 N–H and O–H groups in total. The predicted octanol–water partition coefficient (Wildman–Crippen LogP) is 5.36. The van der Waals surface area contributed by atoms with Crippen molar-refractivity contribution in [1.29, 1.82) is 0 Å². The van der Waals surface area contributed by atoms with E-state index in [1.54, 1.807) is 23.7 Å². The van der Waals surface area contributed by atoms with Gasteiger partial charge in [-0.3, -0.25) is 4.98 Å². The Balaban J connectivity index is 1.42. The van der Waals surface area contributed by atoms with Crippen LogP contribution in [0.4, 0.5) is 10.9 Å². The highest BCUT2D eigenvalue weighted by Crippen LogP contribution is 2.34. The highest BCUT2D eigenvalue weighted by atomic mass is 32.2. The third kappa shape index (κ3) is 6.44. The minimum absolute atomic E-state index is 0.417. The zero-order chi connectivity index (χ0) is 21.6. The van der Waals surface area contributed by atoms with Gasteiger partial charge in [-0.2, -0.15) is 0 Å². The zero-order valence-electron chi connectivity index (χ0n) is 18.3. The largest absolute Gasteiger partial charge is 0.315 e. The van der Waals surface area contributed by atoms with E-state index in [-0.39, 0.29) is 0 Å². The zero-order valence-corrected chi connectivity index (χ0v) is 19.9. The van der Waals surface area contributed by atoms with Crippen LogP contribution in [0.15, 0.2) is 29.8 Å². The second-order valence-corrected chi connectivity index (χ2v) is 10.4. The summed E-state index contributed by atoms with van der Waals surface area (Å²) in [4.78, 5) is 23.9. The molecular formula is C22H29N7S2. The third-order valence-electron chi connectivity index (χ3n) is 5.05. The lowest BCUT2D eigenvalue weighted by Crippen LogP contribution is -2.22. The summed E-state index contributed by atoms with van der Waals surface area (Å²) in [6.07, 6.45) is 11.9. The van der Waals surface area contributed by atoms with Crippen molar-refractivity contribution >= 4 is 34.0 Å². The minimum Gasteiger partial charge on any atom is -0.315 e. The van der Waals surface area contributed by atoms with Crippen LogP contribution in [0.25, 0.3) is 10.6 Å². The van der Waals surface area contributed by atoms with Crippen molar-refractivity contribution in [2.45, 2.75) is 75.9 Å². The molecule has 1 fully saturated rings. The number of thiazole rings is 1. The van der Waals surface area contributed by atoms with Crippen LogP contribution in [-0.4, -0.2) is 36.2 Å². The van der Waals surface area contributed by atoms with E-state index in [0.717, 1.165) is 32.2 Å². The van der Waals surface area contributed by atoms with Crippen LogP contribution in [0.5, 0.6) is 0 Å². The Labute approximate surface area is 192 Å². The van der Waals surface area contributed by atoms with Crippen molar-refractivity contribution in [3.8, 4) is 10.6 Å². The molecule has 0 radical (unpaired) electrons. The lowest BCUT2D eigenvalue weighted by atomic mass is 10.0. The molecule has 0 unspecified atom stereocenters. The molecule has 3 heterocycles. The molecule has 0 spiro atoms. The van der Waals surface area contributed by atoms with Crippen LogP contribution in [-0.2, 0) is 6.54 Å². The summed E-state index contributed by atoms with van der Waals surface area (Å²) >= 11 is 3.39. The molecule has 0 aromatic carbocycles. The first kappa shape index (κ1) is 22.1. The van der Waals surface area contributed by atoms with E-state index in [4.69, 9.17) is 4.98 Å². The molecule has 0 bridgehead atoms. The number of thioether (sulfide) groups is 1. The smallest absolute Gasteiger partial charge is 0.188 e. The van der Waals surface area contributed by atoms with Gasteiger partial charge < -0.3 is 10.6 Å². The molecule has 1 aliphatic rings. The normalized spacial score (nSPS) is 14.8. The summed E-state index contributed by atoms with van der Waals surface area (Å²) in [7, 11) is 0. The number of hydrogen-bond donors (Lipinski definition) is 2. The first-order chi connectivity index (χ1) is 15.0. The maximum Gasteiger partial charge on any atom is 0.188 e. The quantitative estimate of drug-likeness (QED) is 0.439. The molecule has 1 aliphatic carbocycles. The van der Waals surface area contributed by atoms with E-state index in [0.29, 0.717) is 23.7 Å². The molecule has 0 saturated heterocycles. The molecule has 7 nitrogen and oxygen atoms in total. The molecule has 31 heavy (non-hydrogen) atoms. The fraction of sp³-hybridized carbons (Fsp3) is 0.500. The van der Waals surface area contributed by atoms with Crippen molar-refractivity contribution in [2.75, 3.05) is 5.32 Å². The van der Waals surface area contributed by atoms with Crippen LogP contribution in [0.3, 0.4) is 0 Å². The van der Waals surface area contributed by atoms with Gasteiger partial charge in [0.25, 0.3) is 0 Å². The van der Waals surface area contributed by atoms with E-state index in [2.05, 4.69) is 44.4 Å². The minimum atomic E-state index is 0.417. The summed E-state index contributed by atoms with van der Waals surface area (Å²) in [5.41, 5.74) is 2.83. The fourth-order valence-electron chi connectivity index (χ4n) is 3.43. The second-order valence-electron chi connectivity index (χ2n) is 8.14. The van der Waals surface area contributed by atoms with E-state index in [1.165, 1.54) is 32.1 Å². The Morgan fingerprint density at radius 2 is 1.90 bits per heavy atom. The lowest BCUT2D eigenvalue weighted by molar-refractivity contribution is 0.515. The Hall–Kier alpha value is -2.10. The maximum absolute atomic E-state index is 4.82. The van der Waals surface area contributed by atoms with Gasteiger partial charge in [0.2, 0.25) is 0 Å². The van der Waals surface area contributed by atoms with E-state index in [1.807, 2.05) is 30.9 Å². The van der Waals surface area contributed by atoms with Crippen molar-refractivity contribution in [3.63, 3.8) is 0 Å². The van der Waals surface area contributed by atoms with E-state index >= 15 is 0 Å². The number of rotatable bonds is 8. The van der Waals surface area contributed by atoms with Crippen molar-refractivity contribution in [1.82, 2.24) is 30.2 Å². The molecule has 1 saturated carbocycles. The van der Waals surface area contributed by atoms with E-state index < -0.39 is 0 Å². The predicted molar refractivity (Wildman–Crippen MR) is 128 cm³/mol. The molecule has 4 rings (SSSR count). The fourth-order valence-corrected chi connectivity index (χ4v) is 5.43. The summed E-state index contributed by atoms with van der Waals surface area (Å²) in [6, 6.07) is 2.44. The molecule has 0 amide bonds. The average molecular weight is 456 g/mol. The first-order valence-corrected chi connectivity index (χ1v) is 12.5. The lowest BCUT2D eigenvalue weighted by Gasteiger charge is -2.20. The number of aromatic nitrogens is 5. The average Bonchev–Trinajstić information content (AvgIpc) is 3.22. The van der Waals surface area contributed by atoms with Gasteiger partial charge in [-0.25, -0.2) is 19.9 Å². The van der Waals surface area contributed by atoms with Gasteiger partial charge in [0.05, 0.1) is 28.7 Å². The van der Waals surface area contributed by atoms with Gasteiger partial charge in [0, 0.05) is 29.7 Å². The second kappa shape index (κ2) is 10.5. The highest BCUT2D eigenvalue weighted by molar-refractivity contribution is 7.99. The molecule has 164 valence electrons. The van der Waals surface area contributed by atoms with Crippen LogP contribution in [0.1, 0.15) is 57.3 Å². The van der Waals surface area contributed by atoms with Gasteiger partial charge in [0.15, 0.2) is 16.1 Å². The Kier molecular flexibility index (Phi) is 7.47. The van der Waals surface area contributed by atoms with Crippen molar-refractivity contribution in [3.05, 3.63) is 36.0 Å². The van der Waals surface area contributed by atoms with E-state index in [9.17, 15) is 0 Å². The number of nitrogens with zero attached hydrogens (tertiary/aromatic N) is 5. The molecule has 3 aromatic rings. The molecule has 0 aliphatic heterocycles. The standard InChI is InChI=1S/C22H29N7S2/c1-14(2)23-10-16-11-25-20(13-24-16)29-21-26-12-19(31-21)18-9-15(3)27-22(28-18)30-17-7-5-4-6-8-17/h9,11-14,17,23H,4-8,10H2,1-3H3,(H,25,26,29). The third-order valence-corrected chi connectivity index (χ3v) is 7.18. The van der Waals surface area contributed by atoms with Crippen LogP contribution < -0.4 is 10.6 Å². The van der Waals surface area contributed by atoms with Crippen LogP contribution >= 0.6 is 23.1 Å². The molecule has 9 heteroatoms. The Morgan fingerprint density at radius 3 is 2.65 bits per heavy atom. The summed E-state index contributed by atoms with van der Waals surface area (Å²) in [5, 5.41) is 8.87. The Bertz CT molecular complexity index is 982. The van der Waals surface area contributed by atoms with Gasteiger partial charge in [-0.15, -0.1) is 0 Å². The number of nitrogens with one attached hydrogen (secondary N) is 2. The van der Waals surface area contributed by atoms with Crippen LogP contribution in [0, 0.1) is 6.92 Å². The SMILES string of the molecule is Cc1cc(-c2cnc(Nc3cnc(CNC(C)C)cn3)s2)nc(SC2CCCCC2)n1. The molecule has 0 atom stereocenters. The van der Waals surface area contributed by atoms with Gasteiger partial charge in [-0.1, -0.05) is 56.2 Å². The Morgan fingerprint density at radius 1 is 1.06 bits per heavy atom. The number of aryl methyl sites for hydroxylation is 1. The summed E-state index contributed by atoms with van der Waals surface area (Å²) in [6.45, 7) is 6.96. The monoisotopic (exact) mass is 455 g/mol. The van der Waals surface area contributed by atoms with Gasteiger partial charge >= 0.3 is 0 Å². The maximum atomic E-state index is 4.82. The first-order valence-electron chi connectivity index (χ1n) is 10.8. The molecule has 3 aromatic heterocycles. The van der Waals surface area contributed by atoms with Gasteiger partial charge in [-0.05, 0) is 25.8 Å². The van der Waals surface area contributed by atoms with Gasteiger partial charge in [0.1, 0.15) is 0 Å². The molecular weight excluding hydrogens is 426 g/mol. The number of hydrogen-bond acceptors (Lipinski definition) is 9. The van der Waals surface area contributed by atoms with Crippen LogP contribution in [0.2, 0.25) is 0 Å². The van der Waals surface area contributed by atoms with Crippen molar-refractivity contribution in [2.24, 2.45) is 0 Å².